The maximum Gasteiger partial charge on any atom is 0.321 e. The van der Waals surface area contributed by atoms with Gasteiger partial charge in [0.15, 0.2) is 0 Å². The topological polar surface area (TPSA) is 425 Å². The number of hydrogen-bond acceptors (Lipinski definition) is 21. The van der Waals surface area contributed by atoms with Crippen molar-refractivity contribution in [3.8, 4) is 0 Å². The Kier molecular flexibility index (Phi) is 36.4. The molecule has 0 bridgehead atoms. The zero-order chi connectivity index (χ0) is 73.0. The number of nitrogens with two attached hydrogens (primary N) is 2. The molecule has 2 heterocycles. The molecule has 3 rings (SSSR count). The molecule has 12 atom stereocenters. The van der Waals surface area contributed by atoms with Crippen molar-refractivity contribution >= 4 is 92.6 Å². The lowest BCUT2D eigenvalue weighted by Crippen LogP contribution is -2.59. The molecular weight excluding hydrogens is 1300 g/mol. The summed E-state index contributed by atoms with van der Waals surface area (Å²) in [7, 11) is 3.59. The Morgan fingerprint density at radius 3 is 1.93 bits per heavy atom. The Hall–Kier alpha value is -6.59. The zero-order valence-electron chi connectivity index (χ0n) is 58.8. The van der Waals surface area contributed by atoms with Crippen LogP contribution >= 0.6 is 11.8 Å². The lowest BCUT2D eigenvalue weighted by atomic mass is 9.89. The van der Waals surface area contributed by atoms with Gasteiger partial charge in [-0.1, -0.05) is 68.7 Å². The molecule has 2 aliphatic heterocycles. The van der Waals surface area contributed by atoms with Crippen LogP contribution in [-0.4, -0.2) is 258 Å². The number of rotatable bonds is 45. The zero-order valence-corrected chi connectivity index (χ0v) is 60.4. The molecule has 2 saturated heterocycles. The number of primary amides is 1. The van der Waals surface area contributed by atoms with Gasteiger partial charge in [0.05, 0.1) is 99.0 Å². The number of aliphatic carboxylic acids is 1. The van der Waals surface area contributed by atoms with Gasteiger partial charge >= 0.3 is 12.0 Å². The van der Waals surface area contributed by atoms with E-state index in [1.807, 2.05) is 60.5 Å². The number of amides is 11. The molecule has 1 aromatic carbocycles. The first-order valence-corrected chi connectivity index (χ1v) is 35.5. The van der Waals surface area contributed by atoms with E-state index in [0.29, 0.717) is 25.8 Å². The fourth-order valence-corrected chi connectivity index (χ4v) is 13.8. The van der Waals surface area contributed by atoms with E-state index in [1.54, 1.807) is 30.7 Å². The van der Waals surface area contributed by atoms with E-state index in [-0.39, 0.29) is 143 Å². The normalized spacial score (nSPS) is 18.2. The highest BCUT2D eigenvalue weighted by atomic mass is 32.2. The Balaban J connectivity index is 1.59. The van der Waals surface area contributed by atoms with Gasteiger partial charge in [-0.2, -0.15) is 0 Å². The molecule has 0 radical (unpaired) electrons. The lowest BCUT2D eigenvalue weighted by Gasteiger charge is -2.41. The SMILES string of the molecule is CC[C@H](C)[C@@H]([C@@H](CC(=O)N1CCC[C@H]1[C@H](OC)[C@@H](C)C(=O)NS(=O)(=O)c1ccc(NC(=O)[C@H](CCCNC(N)=O)NC(=O)[C@@H](NC(=O)CCOCCOCCOCCN2C(=O)CC(SC[C@H](N)C(=O)O)C2=O)C(C)C)cc1)OC)N(C)C(=O)[C@@H](NC(=O)[C@H](C(C)C)N(C)C)C(C)C. The molecule has 0 aromatic heterocycles. The number of sulfonamides is 1. The number of benzene rings is 1. The Morgan fingerprint density at radius 2 is 1.38 bits per heavy atom. The summed E-state index contributed by atoms with van der Waals surface area (Å²) in [5.41, 5.74) is 10.9. The van der Waals surface area contributed by atoms with Gasteiger partial charge in [-0.15, -0.1) is 11.8 Å². The average molecular weight is 1410 g/mol. The van der Waals surface area contributed by atoms with Crippen LogP contribution < -0.4 is 42.8 Å². The van der Waals surface area contributed by atoms with Crippen LogP contribution in [0.3, 0.4) is 0 Å². The highest BCUT2D eigenvalue weighted by Gasteiger charge is 2.44. The summed E-state index contributed by atoms with van der Waals surface area (Å²) in [6, 6.07) is -1.97. The molecule has 1 unspecified atom stereocenters. The van der Waals surface area contributed by atoms with Crippen molar-refractivity contribution in [1.29, 1.82) is 0 Å². The molecule has 2 aliphatic rings. The Bertz CT molecular complexity index is 2880. The summed E-state index contributed by atoms with van der Waals surface area (Å²) in [6.45, 7) is 17.4. The maximum atomic E-state index is 14.5. The summed E-state index contributed by atoms with van der Waals surface area (Å²) < 4.78 is 58.1. The first-order chi connectivity index (χ1) is 45.6. The highest BCUT2D eigenvalue weighted by Crippen LogP contribution is 2.31. The number of methoxy groups -OCH3 is 2. The van der Waals surface area contributed by atoms with Gasteiger partial charge in [-0.25, -0.2) is 17.9 Å². The fourth-order valence-electron chi connectivity index (χ4n) is 11.6. The van der Waals surface area contributed by atoms with Gasteiger partial charge in [0, 0.05) is 58.6 Å². The van der Waals surface area contributed by atoms with Crippen molar-refractivity contribution in [3.63, 3.8) is 0 Å². The molecule has 0 spiro atoms. The minimum atomic E-state index is -4.54. The van der Waals surface area contributed by atoms with Crippen LogP contribution in [-0.2, 0) is 81.7 Å². The number of imide groups is 1. The molecule has 2 fully saturated rings. The predicted octanol–water partition coefficient (Wildman–Crippen LogP) is 0.864. The molecule has 97 heavy (non-hydrogen) atoms. The van der Waals surface area contributed by atoms with Crippen LogP contribution in [0.25, 0.3) is 0 Å². The summed E-state index contributed by atoms with van der Waals surface area (Å²) in [5, 5.41) is 21.7. The smallest absolute Gasteiger partial charge is 0.321 e. The Morgan fingerprint density at radius 1 is 0.773 bits per heavy atom. The van der Waals surface area contributed by atoms with Gasteiger partial charge < -0.3 is 76.6 Å². The van der Waals surface area contributed by atoms with Gasteiger partial charge in [-0.05, 0) is 87.7 Å². The summed E-state index contributed by atoms with van der Waals surface area (Å²) in [5.74, 6) is -7.78. The molecule has 0 saturated carbocycles. The third kappa shape index (κ3) is 26.5. The number of carboxylic acids is 1. The number of hydrogen-bond donors (Lipinski definition) is 9. The largest absolute Gasteiger partial charge is 0.480 e. The van der Waals surface area contributed by atoms with Gasteiger partial charge in [0.25, 0.3) is 10.0 Å². The number of likely N-dealkylation sites (tertiary alicyclic amines) is 2. The first kappa shape index (κ1) is 84.6. The molecule has 11 N–H and O–H groups in total. The van der Waals surface area contributed by atoms with Crippen molar-refractivity contribution in [2.75, 3.05) is 106 Å². The number of carbonyl (C=O) groups excluding carboxylic acids is 10. The maximum absolute atomic E-state index is 14.5. The van der Waals surface area contributed by atoms with E-state index in [1.165, 1.54) is 33.3 Å². The molecule has 550 valence electrons. The van der Waals surface area contributed by atoms with Crippen molar-refractivity contribution in [3.05, 3.63) is 24.3 Å². The second-order valence-corrected chi connectivity index (χ2v) is 28.6. The third-order valence-electron chi connectivity index (χ3n) is 17.2. The van der Waals surface area contributed by atoms with Crippen molar-refractivity contribution in [1.82, 2.24) is 45.6 Å². The van der Waals surface area contributed by atoms with E-state index < -0.39 is 123 Å². The molecular formula is C64H108N12O19S2. The van der Waals surface area contributed by atoms with Crippen molar-refractivity contribution in [2.24, 2.45) is 41.1 Å². The number of nitrogens with zero attached hydrogens (tertiary/aromatic N) is 4. The van der Waals surface area contributed by atoms with Gasteiger partial charge in [-0.3, -0.25) is 57.7 Å². The summed E-state index contributed by atoms with van der Waals surface area (Å²) in [4.78, 5) is 150. The standard InChI is InChI=1S/C64H108N12O19S2/c1-15-40(8)55(74(12)62(85)53(38(4)5)71-60(83)54(39(6)7)73(10)11)47(91-13)34-50(78)75-26-17-19-46(75)56(92-14)41(9)57(80)72-97(89,90)43-22-20-42(21-23-43)68-58(81)45(18-16-25-67-64(66)88)69-59(82)52(37(2)3)70-49(77)24-28-93-30-32-95-33-31-94-29-27-76-51(79)35-48(61(76)84)96-36-44(65)63(86)87/h20-23,37-41,44-48,52-56H,15-19,24-36,65H2,1-14H3,(H,68,81)(H,69,82)(H,70,77)(H,71,83)(H,72,80)(H,86,87)(H3,66,67,88)/t40-,41+,44-,45-,46-,47+,48?,52-,53-,54-,55-,56+/m0/s1. The minimum Gasteiger partial charge on any atom is -0.480 e. The average Bonchev–Trinajstić information content (AvgIpc) is 1.80. The third-order valence-corrected chi connectivity index (χ3v) is 19.8. The van der Waals surface area contributed by atoms with E-state index in [2.05, 4.69) is 31.3 Å². The fraction of sp³-hybridized carbons (Fsp3) is 0.734. The first-order valence-electron chi connectivity index (χ1n) is 33.0. The number of likely N-dealkylation sites (N-methyl/N-ethyl adjacent to an activating group) is 2. The molecule has 31 nitrogen and oxygen atoms in total. The van der Waals surface area contributed by atoms with Crippen LogP contribution in [0.2, 0.25) is 0 Å². The lowest BCUT2D eigenvalue weighted by molar-refractivity contribution is -0.148. The van der Waals surface area contributed by atoms with Gasteiger partial charge in [0.1, 0.15) is 24.2 Å². The van der Waals surface area contributed by atoms with E-state index in [0.717, 1.165) is 28.8 Å². The van der Waals surface area contributed by atoms with Crippen molar-refractivity contribution in [2.45, 2.75) is 178 Å². The van der Waals surface area contributed by atoms with Crippen LogP contribution in [0.4, 0.5) is 10.5 Å². The van der Waals surface area contributed by atoms with Crippen LogP contribution in [0.15, 0.2) is 29.2 Å². The second kappa shape index (κ2) is 41.7. The van der Waals surface area contributed by atoms with E-state index >= 15 is 0 Å². The Labute approximate surface area is 575 Å². The monoisotopic (exact) mass is 1410 g/mol. The number of ether oxygens (including phenoxy) is 5. The van der Waals surface area contributed by atoms with Crippen LogP contribution in [0.5, 0.6) is 0 Å². The molecule has 0 aliphatic carbocycles. The number of urea groups is 1. The van der Waals surface area contributed by atoms with Crippen LogP contribution in [0, 0.1) is 29.6 Å². The number of carboxylic acid groups (broad SMARTS) is 1. The quantitative estimate of drug-likeness (QED) is 0.0323. The second-order valence-electron chi connectivity index (χ2n) is 25.7. The number of carbonyl (C=O) groups is 11. The van der Waals surface area contributed by atoms with E-state index in [4.69, 9.17) is 40.3 Å². The molecule has 33 heteroatoms. The van der Waals surface area contributed by atoms with E-state index in [9.17, 15) is 61.2 Å². The predicted molar refractivity (Wildman–Crippen MR) is 361 cm³/mol. The molecule has 1 aromatic rings. The molecule has 11 amide bonds. The highest BCUT2D eigenvalue weighted by molar-refractivity contribution is 8.00. The van der Waals surface area contributed by atoms with Crippen LogP contribution in [0.1, 0.15) is 114 Å². The number of thioether (sulfide) groups is 1. The summed E-state index contributed by atoms with van der Waals surface area (Å²) >= 11 is 1.03. The number of nitrogens with one attached hydrogen (secondary N) is 6. The number of anilines is 1. The van der Waals surface area contributed by atoms with Crippen molar-refractivity contribution < 1.29 is 89.9 Å². The summed E-state index contributed by atoms with van der Waals surface area (Å²) in [6.07, 6.45) is -0.253. The minimum absolute atomic E-state index is 0.00897. The van der Waals surface area contributed by atoms with Gasteiger partial charge in [0.2, 0.25) is 53.2 Å².